The van der Waals surface area contributed by atoms with Crippen LogP contribution in [0.5, 0.6) is 0 Å². The van der Waals surface area contributed by atoms with E-state index < -0.39 is 0 Å². The van der Waals surface area contributed by atoms with E-state index in [1.165, 1.54) is 45.2 Å². The average molecular weight is 322 g/mol. The summed E-state index contributed by atoms with van der Waals surface area (Å²) in [5.74, 6) is 1.36. The maximum absolute atomic E-state index is 12.4. The number of amides is 1. The molecule has 0 radical (unpaired) electrons. The molecule has 0 bridgehead atoms. The van der Waals surface area contributed by atoms with Crippen LogP contribution in [0.2, 0.25) is 0 Å². The molecule has 0 aromatic heterocycles. The number of hydrogen-bond acceptors (Lipinski definition) is 3. The molecule has 1 saturated carbocycles. The predicted octanol–water partition coefficient (Wildman–Crippen LogP) is 2.96. The number of carbonyl (C=O) groups is 1. The van der Waals surface area contributed by atoms with Crippen molar-refractivity contribution >= 4 is 5.91 Å². The van der Waals surface area contributed by atoms with Crippen LogP contribution in [-0.4, -0.2) is 49.2 Å². The zero-order valence-electron chi connectivity index (χ0n) is 14.8. The zero-order valence-corrected chi connectivity index (χ0v) is 14.8. The monoisotopic (exact) mass is 322 g/mol. The third-order valence-electron chi connectivity index (χ3n) is 6.33. The van der Waals surface area contributed by atoms with Crippen molar-refractivity contribution in [3.05, 3.63) is 0 Å². The fourth-order valence-corrected chi connectivity index (χ4v) is 4.80. The number of carbonyl (C=O) groups excluding carboxylic acids is 1. The van der Waals surface area contributed by atoms with Crippen molar-refractivity contribution in [3.8, 4) is 0 Å². The van der Waals surface area contributed by atoms with Gasteiger partial charge in [0.2, 0.25) is 5.91 Å². The summed E-state index contributed by atoms with van der Waals surface area (Å²) in [7, 11) is 0. The van der Waals surface area contributed by atoms with E-state index in [0.717, 1.165) is 50.9 Å². The van der Waals surface area contributed by atoms with Crippen molar-refractivity contribution in [2.75, 3.05) is 26.3 Å². The van der Waals surface area contributed by atoms with E-state index in [2.05, 4.69) is 17.1 Å². The van der Waals surface area contributed by atoms with Gasteiger partial charge < -0.3 is 10.1 Å². The second-order valence-corrected chi connectivity index (χ2v) is 7.73. The first-order valence-electron chi connectivity index (χ1n) is 9.90. The van der Waals surface area contributed by atoms with Crippen LogP contribution >= 0.6 is 0 Å². The third-order valence-corrected chi connectivity index (χ3v) is 6.33. The van der Waals surface area contributed by atoms with E-state index in [9.17, 15) is 4.79 Å². The lowest BCUT2D eigenvalue weighted by molar-refractivity contribution is -0.129. The molecule has 0 aromatic carbocycles. The number of piperidine rings is 1. The molecule has 0 aromatic rings. The van der Waals surface area contributed by atoms with Crippen LogP contribution in [0.25, 0.3) is 0 Å². The summed E-state index contributed by atoms with van der Waals surface area (Å²) >= 11 is 0. The van der Waals surface area contributed by atoms with Crippen LogP contribution in [0.1, 0.15) is 64.7 Å². The highest BCUT2D eigenvalue weighted by Crippen LogP contribution is 2.32. The molecule has 3 aliphatic rings. The van der Waals surface area contributed by atoms with Crippen molar-refractivity contribution in [3.63, 3.8) is 0 Å². The van der Waals surface area contributed by atoms with Crippen LogP contribution in [-0.2, 0) is 9.53 Å². The smallest absolute Gasteiger partial charge is 0.223 e. The number of likely N-dealkylation sites (tertiary alicyclic amines) is 1. The third kappa shape index (κ3) is 4.48. The van der Waals surface area contributed by atoms with E-state index in [0.29, 0.717) is 6.04 Å². The molecule has 3 rings (SSSR count). The highest BCUT2D eigenvalue weighted by atomic mass is 16.5. The van der Waals surface area contributed by atoms with Gasteiger partial charge in [-0.2, -0.15) is 0 Å². The minimum atomic E-state index is 0.185. The van der Waals surface area contributed by atoms with E-state index in [-0.39, 0.29) is 11.8 Å². The van der Waals surface area contributed by atoms with Gasteiger partial charge in [0.05, 0.1) is 0 Å². The molecular formula is C19H34N2O2. The Labute approximate surface area is 141 Å². The SMILES string of the molecule is CC[C@@H]1CCCC[C@@H]1N1CCC(NC(=O)C2CCOCC2)CC1. The predicted molar refractivity (Wildman–Crippen MR) is 92.3 cm³/mol. The average Bonchev–Trinajstić information content (AvgIpc) is 2.63. The van der Waals surface area contributed by atoms with Gasteiger partial charge >= 0.3 is 0 Å². The first kappa shape index (κ1) is 17.2. The van der Waals surface area contributed by atoms with Gasteiger partial charge in [-0.3, -0.25) is 9.69 Å². The fourth-order valence-electron chi connectivity index (χ4n) is 4.80. The summed E-state index contributed by atoms with van der Waals surface area (Å²) < 4.78 is 5.36. The second-order valence-electron chi connectivity index (χ2n) is 7.73. The van der Waals surface area contributed by atoms with Crippen LogP contribution in [0.3, 0.4) is 0 Å². The molecule has 2 saturated heterocycles. The molecule has 0 unspecified atom stereocenters. The zero-order chi connectivity index (χ0) is 16.1. The lowest BCUT2D eigenvalue weighted by atomic mass is 9.81. The van der Waals surface area contributed by atoms with Gasteiger partial charge in [0.1, 0.15) is 0 Å². The molecule has 2 atom stereocenters. The molecule has 4 heteroatoms. The lowest BCUT2D eigenvalue weighted by Crippen LogP contribution is -2.51. The van der Waals surface area contributed by atoms with Gasteiger partial charge in [0.15, 0.2) is 0 Å². The summed E-state index contributed by atoms with van der Waals surface area (Å²) in [6, 6.07) is 1.20. The molecule has 2 heterocycles. The van der Waals surface area contributed by atoms with Crippen molar-refractivity contribution in [2.45, 2.75) is 76.8 Å². The second kappa shape index (κ2) is 8.48. The van der Waals surface area contributed by atoms with E-state index in [4.69, 9.17) is 4.74 Å². The molecule has 1 aliphatic carbocycles. The van der Waals surface area contributed by atoms with Gasteiger partial charge in [-0.1, -0.05) is 26.2 Å². The Bertz CT molecular complexity index is 374. The Morgan fingerprint density at radius 3 is 2.43 bits per heavy atom. The van der Waals surface area contributed by atoms with Gasteiger partial charge in [-0.15, -0.1) is 0 Å². The Hall–Kier alpha value is -0.610. The van der Waals surface area contributed by atoms with Crippen LogP contribution in [0.4, 0.5) is 0 Å². The molecule has 1 amide bonds. The molecule has 1 N–H and O–H groups in total. The summed E-state index contributed by atoms with van der Waals surface area (Å²) in [5.41, 5.74) is 0. The van der Waals surface area contributed by atoms with E-state index in [1.54, 1.807) is 0 Å². The quantitative estimate of drug-likeness (QED) is 0.865. The first-order chi connectivity index (χ1) is 11.3. The maximum Gasteiger partial charge on any atom is 0.223 e. The number of nitrogens with one attached hydrogen (secondary N) is 1. The standard InChI is InChI=1S/C19H34N2O2/c1-2-15-5-3-4-6-18(15)21-11-7-17(8-12-21)20-19(22)16-9-13-23-14-10-16/h15-18H,2-14H2,1H3,(H,20,22)/t15-,18+/m1/s1. The molecule has 2 aliphatic heterocycles. The van der Waals surface area contributed by atoms with Crippen LogP contribution in [0.15, 0.2) is 0 Å². The highest BCUT2D eigenvalue weighted by Gasteiger charge is 2.32. The van der Waals surface area contributed by atoms with Crippen molar-refractivity contribution in [1.82, 2.24) is 10.2 Å². The molecule has 3 fully saturated rings. The summed E-state index contributed by atoms with van der Waals surface area (Å²) in [6.07, 6.45) is 11.0. The van der Waals surface area contributed by atoms with E-state index >= 15 is 0 Å². The van der Waals surface area contributed by atoms with Gasteiger partial charge in [0.25, 0.3) is 0 Å². The van der Waals surface area contributed by atoms with Crippen LogP contribution in [0, 0.1) is 11.8 Å². The Morgan fingerprint density at radius 1 is 1.04 bits per heavy atom. The van der Waals surface area contributed by atoms with Crippen LogP contribution < -0.4 is 5.32 Å². The number of nitrogens with zero attached hydrogens (tertiary/aromatic N) is 1. The van der Waals surface area contributed by atoms with E-state index in [1.807, 2.05) is 0 Å². The van der Waals surface area contributed by atoms with Crippen molar-refractivity contribution < 1.29 is 9.53 Å². The first-order valence-corrected chi connectivity index (χ1v) is 9.90. The molecule has 23 heavy (non-hydrogen) atoms. The molecule has 0 spiro atoms. The Balaban J connectivity index is 1.43. The number of hydrogen-bond donors (Lipinski definition) is 1. The number of ether oxygens (including phenoxy) is 1. The number of rotatable bonds is 4. The molecule has 132 valence electrons. The van der Waals surface area contributed by atoms with Gasteiger partial charge in [-0.25, -0.2) is 0 Å². The fraction of sp³-hybridized carbons (Fsp3) is 0.947. The normalized spacial score (nSPS) is 31.9. The maximum atomic E-state index is 12.4. The molecular weight excluding hydrogens is 288 g/mol. The largest absolute Gasteiger partial charge is 0.381 e. The topological polar surface area (TPSA) is 41.6 Å². The van der Waals surface area contributed by atoms with Crippen molar-refractivity contribution in [1.29, 1.82) is 0 Å². The Morgan fingerprint density at radius 2 is 1.74 bits per heavy atom. The minimum absolute atomic E-state index is 0.185. The van der Waals surface area contributed by atoms with Gasteiger partial charge in [-0.05, 0) is 44.4 Å². The van der Waals surface area contributed by atoms with Gasteiger partial charge in [0, 0.05) is 44.3 Å². The summed E-state index contributed by atoms with van der Waals surface area (Å²) in [6.45, 7) is 6.18. The highest BCUT2D eigenvalue weighted by molar-refractivity contribution is 5.79. The minimum Gasteiger partial charge on any atom is -0.381 e. The van der Waals surface area contributed by atoms with Crippen molar-refractivity contribution in [2.24, 2.45) is 11.8 Å². The lowest BCUT2D eigenvalue weighted by Gasteiger charge is -2.43. The molecule has 4 nitrogen and oxygen atoms in total. The summed E-state index contributed by atoms with van der Waals surface area (Å²) in [4.78, 5) is 15.1. The Kier molecular flexibility index (Phi) is 6.35. The summed E-state index contributed by atoms with van der Waals surface area (Å²) in [5, 5.41) is 3.32.